The highest BCUT2D eigenvalue weighted by Crippen LogP contribution is 2.41. The van der Waals surface area contributed by atoms with E-state index in [-0.39, 0.29) is 29.9 Å². The average Bonchev–Trinajstić information content (AvgIpc) is 1.45. The minimum absolute atomic E-state index is 0.0261. The molecule has 0 aliphatic carbocycles. The van der Waals surface area contributed by atoms with Crippen LogP contribution in [0.15, 0.2) is 94.7 Å². The zero-order valence-electron chi connectivity index (χ0n) is 58.3. The number of carbonyl (C=O) groups is 5. The third-order valence-corrected chi connectivity index (χ3v) is 20.4. The lowest BCUT2D eigenvalue weighted by atomic mass is 9.72. The highest BCUT2D eigenvalue weighted by atomic mass is 79.9. The number of nitrogens with zero attached hydrogens (tertiary/aromatic N) is 11. The van der Waals surface area contributed by atoms with Crippen molar-refractivity contribution in [2.75, 3.05) is 96.5 Å². The number of nitrogens with two attached hydrogens (primary N) is 1. The van der Waals surface area contributed by atoms with Gasteiger partial charge in [0.25, 0.3) is 0 Å². The van der Waals surface area contributed by atoms with E-state index in [0.717, 1.165) is 84.6 Å². The van der Waals surface area contributed by atoms with Crippen molar-refractivity contribution in [1.29, 1.82) is 0 Å². The van der Waals surface area contributed by atoms with E-state index in [0.29, 0.717) is 132 Å². The molecule has 3 fully saturated rings. The number of benzene rings is 3. The Morgan fingerprint density at radius 2 is 0.869 bits per heavy atom. The van der Waals surface area contributed by atoms with Gasteiger partial charge in [-0.3, -0.25) is 24.6 Å². The zero-order chi connectivity index (χ0) is 72.3. The van der Waals surface area contributed by atoms with Gasteiger partial charge in [0.05, 0.1) is 27.0 Å². The van der Waals surface area contributed by atoms with Crippen molar-refractivity contribution >= 4 is 136 Å². The third-order valence-electron chi connectivity index (χ3n) is 18.2. The standard InChI is InChI=1S/C24H31BrClN7O.C24H38ClN3O3.C17H23ClN2O3.C5H2BrClN4/c1-3-32(4-2)13-5-12-27-23(34)24(17-6-8-18(26)9-7-17)10-14-33(15-11-24)22-19-20(25)30-31-21(19)28-16-29-22;1-6-27(7-2)16-8-15-26-21(29)24(19-9-11-20(25)12-10-19)13-17-28(18-14-24)22(30)31-23(3,4)5;1-16(2,3)23-15(22)20-10-8-17(9-11-20,14(19)21)12-4-6-13(18)7-5-12;6-3-2-4(7)8-1-9-5(2)11-10-3/h6-9,16H,3-5,10-15H2,1-2H3,(H,27,34)(H,28,29,30,31);9-12H,6-8,13-18H2,1-5H3,(H,26,29);4-7H,8-11H2,1-3H3,(H2,19,21);1H,(H,8,9,10,11). The molecule has 4 aromatic heterocycles. The maximum atomic E-state index is 13.6. The maximum absolute atomic E-state index is 13.6. The van der Waals surface area contributed by atoms with Gasteiger partial charge in [0.15, 0.2) is 11.3 Å². The summed E-state index contributed by atoms with van der Waals surface area (Å²) in [4.78, 5) is 90.5. The monoisotopic (exact) mass is 1570 g/mol. The maximum Gasteiger partial charge on any atom is 0.410 e. The number of primary amides is 1. The van der Waals surface area contributed by atoms with Crippen LogP contribution < -0.4 is 21.3 Å². The van der Waals surface area contributed by atoms with Crippen molar-refractivity contribution in [1.82, 2.24) is 70.6 Å². The topological polar surface area (TPSA) is 279 Å². The third kappa shape index (κ3) is 21.3. The quantitative estimate of drug-likeness (QED) is 0.0372. The van der Waals surface area contributed by atoms with Crippen molar-refractivity contribution in [3.63, 3.8) is 0 Å². The largest absolute Gasteiger partial charge is 0.444 e. The van der Waals surface area contributed by atoms with Crippen molar-refractivity contribution in [3.8, 4) is 0 Å². The number of likely N-dealkylation sites (tertiary alicyclic amines) is 2. The molecule has 99 heavy (non-hydrogen) atoms. The number of fused-ring (bicyclic) bond motifs is 2. The van der Waals surface area contributed by atoms with Crippen LogP contribution in [-0.2, 0) is 40.1 Å². The fourth-order valence-corrected chi connectivity index (χ4v) is 14.0. The molecule has 10 rings (SSSR count). The number of halogens is 6. The molecule has 3 aliphatic rings. The van der Waals surface area contributed by atoms with Crippen LogP contribution in [0.3, 0.4) is 0 Å². The number of hydrogen-bond acceptors (Lipinski definition) is 16. The second-order valence-electron chi connectivity index (χ2n) is 26.7. The first-order chi connectivity index (χ1) is 47.0. The highest BCUT2D eigenvalue weighted by Gasteiger charge is 2.46. The summed E-state index contributed by atoms with van der Waals surface area (Å²) in [6, 6.07) is 22.4. The summed E-state index contributed by atoms with van der Waals surface area (Å²) < 4.78 is 12.4. The van der Waals surface area contributed by atoms with E-state index in [1.807, 2.05) is 102 Å². The number of hydrogen-bond donors (Lipinski definition) is 5. The van der Waals surface area contributed by atoms with Crippen molar-refractivity contribution in [3.05, 3.63) is 132 Å². The Labute approximate surface area is 617 Å². The number of H-pyrrole nitrogens is 2. The van der Waals surface area contributed by atoms with Crippen LogP contribution in [0.4, 0.5) is 15.4 Å². The molecule has 29 heteroatoms. The molecule has 7 heterocycles. The van der Waals surface area contributed by atoms with E-state index >= 15 is 0 Å². The molecule has 0 spiro atoms. The van der Waals surface area contributed by atoms with E-state index in [1.54, 1.807) is 21.9 Å². The normalized spacial score (nSPS) is 15.8. The van der Waals surface area contributed by atoms with Gasteiger partial charge in [-0.1, -0.05) is 110 Å². The molecule has 3 aliphatic heterocycles. The van der Waals surface area contributed by atoms with Crippen LogP contribution in [0.5, 0.6) is 0 Å². The zero-order valence-corrected chi connectivity index (χ0v) is 64.5. The summed E-state index contributed by atoms with van der Waals surface area (Å²) in [5.74, 6) is 0.572. The number of amides is 5. The minimum atomic E-state index is -0.761. The fourth-order valence-electron chi connectivity index (χ4n) is 12.4. The Balaban J connectivity index is 0.000000196. The Bertz CT molecular complexity index is 3770. The van der Waals surface area contributed by atoms with E-state index in [4.69, 9.17) is 61.6 Å². The molecule has 3 aromatic carbocycles. The molecule has 3 saturated heterocycles. The van der Waals surface area contributed by atoms with Gasteiger partial charge < -0.3 is 50.3 Å². The molecule has 0 radical (unpaired) electrons. The average molecular weight is 1570 g/mol. The van der Waals surface area contributed by atoms with Crippen LogP contribution in [0, 0.1) is 0 Å². The molecular weight excluding hydrogens is 1480 g/mol. The predicted molar refractivity (Wildman–Crippen MR) is 399 cm³/mol. The molecule has 538 valence electrons. The summed E-state index contributed by atoms with van der Waals surface area (Å²) >= 11 is 30.7. The van der Waals surface area contributed by atoms with E-state index < -0.39 is 27.4 Å². The molecule has 0 bridgehead atoms. The summed E-state index contributed by atoms with van der Waals surface area (Å²) in [5, 5.41) is 24.0. The van der Waals surface area contributed by atoms with Gasteiger partial charge in [-0.05, 0) is 217 Å². The van der Waals surface area contributed by atoms with Gasteiger partial charge in [-0.25, -0.2) is 29.5 Å². The minimum Gasteiger partial charge on any atom is -0.444 e. The number of carbonyl (C=O) groups excluding carboxylic acids is 5. The van der Waals surface area contributed by atoms with Crippen LogP contribution in [-0.4, -0.2) is 193 Å². The van der Waals surface area contributed by atoms with Crippen LogP contribution in [0.2, 0.25) is 20.2 Å². The Kier molecular flexibility index (Phi) is 29.4. The lowest BCUT2D eigenvalue weighted by Crippen LogP contribution is -2.53. The molecule has 6 N–H and O–H groups in total. The summed E-state index contributed by atoms with van der Waals surface area (Å²) in [5.41, 5.74) is 6.58. The van der Waals surface area contributed by atoms with Crippen LogP contribution >= 0.6 is 78.3 Å². The van der Waals surface area contributed by atoms with Gasteiger partial charge in [-0.2, -0.15) is 10.2 Å². The fraction of sp³-hybridized carbons (Fsp3) is 0.529. The number of piperidine rings is 3. The SMILES string of the molecule is CC(C)(C)OC(=O)N1CCC(C(N)=O)(c2ccc(Cl)cc2)CC1.CCN(CC)CCCNC(=O)C1(c2ccc(Cl)cc2)CCN(C(=O)OC(C)(C)C)CC1.CCN(CC)CCCNC(=O)C1(c2ccc(Cl)cc2)CCN(c2ncnc3n[nH]c(Br)c23)CC1.Clc1ncnc2n[nH]c(Br)c12. The second kappa shape index (κ2) is 36.4. The molecule has 0 atom stereocenters. The Morgan fingerprint density at radius 1 is 0.525 bits per heavy atom. The van der Waals surface area contributed by atoms with Gasteiger partial charge in [0.2, 0.25) is 17.7 Å². The first-order valence-electron chi connectivity index (χ1n) is 33.7. The Hall–Kier alpha value is -6.45. The van der Waals surface area contributed by atoms with E-state index in [2.05, 4.69) is 125 Å². The van der Waals surface area contributed by atoms with E-state index in [9.17, 15) is 24.0 Å². The van der Waals surface area contributed by atoms with Crippen molar-refractivity contribution < 1.29 is 33.4 Å². The summed E-state index contributed by atoms with van der Waals surface area (Å²) in [6.45, 7) is 30.2. The molecule has 23 nitrogen and oxygen atoms in total. The number of rotatable bonds is 19. The lowest BCUT2D eigenvalue weighted by molar-refractivity contribution is -0.129. The molecule has 7 aromatic rings. The van der Waals surface area contributed by atoms with Crippen molar-refractivity contribution in [2.45, 2.75) is 148 Å². The van der Waals surface area contributed by atoms with Crippen molar-refractivity contribution in [2.24, 2.45) is 5.73 Å². The number of nitrogens with one attached hydrogen (secondary N) is 4. The molecule has 5 amide bonds. The van der Waals surface area contributed by atoms with Gasteiger partial charge in [-0.15, -0.1) is 0 Å². The summed E-state index contributed by atoms with van der Waals surface area (Å²) in [6.07, 6.45) is 7.49. The summed E-state index contributed by atoms with van der Waals surface area (Å²) in [7, 11) is 0. The predicted octanol–water partition coefficient (Wildman–Crippen LogP) is 13.5. The molecule has 0 saturated carbocycles. The first-order valence-corrected chi connectivity index (χ1v) is 36.8. The van der Waals surface area contributed by atoms with Gasteiger partial charge in [0.1, 0.15) is 44.0 Å². The number of aromatic amines is 2. The lowest BCUT2D eigenvalue weighted by Gasteiger charge is -2.41. The van der Waals surface area contributed by atoms with Crippen LogP contribution in [0.25, 0.3) is 22.1 Å². The number of anilines is 1. The molecular formula is C70H94Br2Cl4N16O7. The smallest absolute Gasteiger partial charge is 0.410 e. The van der Waals surface area contributed by atoms with Gasteiger partial charge >= 0.3 is 12.2 Å². The number of ether oxygens (including phenoxy) is 2. The molecule has 0 unspecified atom stereocenters. The number of aromatic nitrogens is 8. The van der Waals surface area contributed by atoms with E-state index in [1.165, 1.54) is 12.7 Å². The van der Waals surface area contributed by atoms with Gasteiger partial charge in [0, 0.05) is 67.4 Å². The second-order valence-corrected chi connectivity index (χ2v) is 29.9. The Morgan fingerprint density at radius 3 is 1.23 bits per heavy atom. The highest BCUT2D eigenvalue weighted by molar-refractivity contribution is 9.10. The first kappa shape index (κ1) is 79.9. The van der Waals surface area contributed by atoms with Crippen LogP contribution in [0.1, 0.15) is 137 Å².